The summed E-state index contributed by atoms with van der Waals surface area (Å²) in [4.78, 5) is 2.84. The molecule has 0 saturated carbocycles. The molecule has 3 N–H and O–H groups in total. The zero-order valence-corrected chi connectivity index (χ0v) is 10.0. The van der Waals surface area contributed by atoms with Crippen LogP contribution >= 0.6 is 0 Å². The van der Waals surface area contributed by atoms with E-state index in [1.54, 1.807) is 12.1 Å². The summed E-state index contributed by atoms with van der Waals surface area (Å²) in [5.74, 6) is 0. The maximum Gasteiger partial charge on any atom is 0.418 e. The molecule has 0 spiro atoms. The predicted octanol–water partition coefficient (Wildman–Crippen LogP) is 3.47. The first-order valence-electron chi connectivity index (χ1n) is 5.85. The molecule has 1 aromatic carbocycles. The zero-order valence-electron chi connectivity index (χ0n) is 10.0. The van der Waals surface area contributed by atoms with Crippen LogP contribution in [-0.4, -0.2) is 11.0 Å². The number of alkyl halides is 3. The largest absolute Gasteiger partial charge is 0.418 e. The fourth-order valence-corrected chi connectivity index (χ4v) is 1.99. The normalized spacial score (nSPS) is 14.1. The summed E-state index contributed by atoms with van der Waals surface area (Å²) in [6, 6.07) is 5.87. The monoisotopic (exact) mass is 256 g/mol. The Bertz CT molecular complexity index is 543. The summed E-state index contributed by atoms with van der Waals surface area (Å²) < 4.78 is 38.4. The van der Waals surface area contributed by atoms with Crippen molar-refractivity contribution in [1.29, 1.82) is 0 Å². The van der Waals surface area contributed by atoms with Crippen LogP contribution in [0.4, 0.5) is 13.2 Å². The fourth-order valence-electron chi connectivity index (χ4n) is 1.99. The molecule has 0 radical (unpaired) electrons. The third-order valence-electron chi connectivity index (χ3n) is 3.02. The first-order chi connectivity index (χ1) is 8.41. The Labute approximate surface area is 103 Å². The number of benzene rings is 1. The third-order valence-corrected chi connectivity index (χ3v) is 3.02. The van der Waals surface area contributed by atoms with Gasteiger partial charge in [-0.05, 0) is 18.6 Å². The van der Waals surface area contributed by atoms with Crippen LogP contribution in [0.3, 0.4) is 0 Å². The number of H-pyrrole nitrogens is 1. The minimum absolute atomic E-state index is 0.0348. The molecule has 98 valence electrons. The molecule has 2 rings (SSSR count). The molecule has 0 bridgehead atoms. The topological polar surface area (TPSA) is 41.8 Å². The van der Waals surface area contributed by atoms with E-state index in [-0.39, 0.29) is 11.6 Å². The summed E-state index contributed by atoms with van der Waals surface area (Å²) in [6.07, 6.45) is -2.99. The number of aromatic nitrogens is 1. The number of fused-ring (bicyclic) bond motifs is 1. The number of halogens is 3. The SMILES string of the molecule is CCC(N)Cc1cc2cccc(C(F)(F)F)c2[nH]1. The van der Waals surface area contributed by atoms with Crippen LogP contribution in [-0.2, 0) is 12.6 Å². The number of nitrogens with two attached hydrogens (primary N) is 1. The Kier molecular flexibility index (Phi) is 3.34. The van der Waals surface area contributed by atoms with Crippen LogP contribution in [0.15, 0.2) is 24.3 Å². The van der Waals surface area contributed by atoms with Crippen LogP contribution in [0, 0.1) is 0 Å². The number of rotatable bonds is 3. The smallest absolute Gasteiger partial charge is 0.358 e. The highest BCUT2D eigenvalue weighted by atomic mass is 19.4. The molecule has 0 saturated heterocycles. The van der Waals surface area contributed by atoms with E-state index < -0.39 is 11.7 Å². The van der Waals surface area contributed by atoms with Crippen molar-refractivity contribution >= 4 is 10.9 Å². The lowest BCUT2D eigenvalue weighted by Gasteiger charge is -2.08. The lowest BCUT2D eigenvalue weighted by molar-refractivity contribution is -0.136. The summed E-state index contributed by atoms with van der Waals surface area (Å²) in [5.41, 5.74) is 6.07. The average Bonchev–Trinajstić information content (AvgIpc) is 2.68. The molecule has 0 aliphatic carbocycles. The molecule has 5 heteroatoms. The molecule has 0 aliphatic rings. The van der Waals surface area contributed by atoms with E-state index in [2.05, 4.69) is 4.98 Å². The van der Waals surface area contributed by atoms with Crippen molar-refractivity contribution in [2.75, 3.05) is 0 Å². The maximum absolute atomic E-state index is 12.8. The van der Waals surface area contributed by atoms with Crippen molar-refractivity contribution in [2.45, 2.75) is 32.0 Å². The molecule has 1 unspecified atom stereocenters. The molecule has 1 atom stereocenters. The van der Waals surface area contributed by atoms with Crippen LogP contribution in [0.25, 0.3) is 10.9 Å². The van der Waals surface area contributed by atoms with Crippen molar-refractivity contribution in [1.82, 2.24) is 4.98 Å². The van der Waals surface area contributed by atoms with Gasteiger partial charge >= 0.3 is 6.18 Å². The van der Waals surface area contributed by atoms with Crippen molar-refractivity contribution in [3.05, 3.63) is 35.5 Å². The van der Waals surface area contributed by atoms with Crippen LogP contribution in [0.2, 0.25) is 0 Å². The molecule has 0 aliphatic heterocycles. The van der Waals surface area contributed by atoms with Crippen molar-refractivity contribution in [2.24, 2.45) is 5.73 Å². The van der Waals surface area contributed by atoms with Gasteiger partial charge in [-0.3, -0.25) is 0 Å². The molecule has 1 aromatic heterocycles. The van der Waals surface area contributed by atoms with Crippen LogP contribution in [0.5, 0.6) is 0 Å². The van der Waals surface area contributed by atoms with E-state index in [4.69, 9.17) is 5.73 Å². The number of nitrogens with one attached hydrogen (secondary N) is 1. The fraction of sp³-hybridized carbons (Fsp3) is 0.385. The minimum atomic E-state index is -4.34. The van der Waals surface area contributed by atoms with Crippen LogP contribution in [0.1, 0.15) is 24.6 Å². The van der Waals surface area contributed by atoms with E-state index in [0.29, 0.717) is 11.8 Å². The van der Waals surface area contributed by atoms with Gasteiger partial charge in [0, 0.05) is 23.5 Å². The number of para-hydroxylation sites is 1. The lowest BCUT2D eigenvalue weighted by Crippen LogP contribution is -2.21. The first-order valence-corrected chi connectivity index (χ1v) is 5.85. The van der Waals surface area contributed by atoms with Gasteiger partial charge in [0.15, 0.2) is 0 Å². The van der Waals surface area contributed by atoms with Crippen molar-refractivity contribution in [3.63, 3.8) is 0 Å². The molecular weight excluding hydrogens is 241 g/mol. The molecule has 18 heavy (non-hydrogen) atoms. The van der Waals surface area contributed by atoms with Crippen molar-refractivity contribution in [3.8, 4) is 0 Å². The Morgan fingerprint density at radius 3 is 2.67 bits per heavy atom. The summed E-state index contributed by atoms with van der Waals surface area (Å²) >= 11 is 0. The minimum Gasteiger partial charge on any atom is -0.358 e. The van der Waals surface area contributed by atoms with E-state index in [0.717, 1.165) is 18.2 Å². The second-order valence-corrected chi connectivity index (χ2v) is 4.43. The van der Waals surface area contributed by atoms with Crippen LogP contribution < -0.4 is 5.73 Å². The molecular formula is C13H15F3N2. The van der Waals surface area contributed by atoms with E-state index in [1.807, 2.05) is 6.92 Å². The average molecular weight is 256 g/mol. The second kappa shape index (κ2) is 4.65. The van der Waals surface area contributed by atoms with E-state index >= 15 is 0 Å². The van der Waals surface area contributed by atoms with Gasteiger partial charge in [-0.25, -0.2) is 0 Å². The predicted molar refractivity (Wildman–Crippen MR) is 65.3 cm³/mol. The highest BCUT2D eigenvalue weighted by Crippen LogP contribution is 2.34. The number of hydrogen-bond donors (Lipinski definition) is 2. The van der Waals surface area contributed by atoms with Crippen molar-refractivity contribution < 1.29 is 13.2 Å². The lowest BCUT2D eigenvalue weighted by atomic mass is 10.1. The maximum atomic E-state index is 12.8. The number of hydrogen-bond acceptors (Lipinski definition) is 1. The van der Waals surface area contributed by atoms with Gasteiger partial charge in [-0.1, -0.05) is 19.1 Å². The van der Waals surface area contributed by atoms with Gasteiger partial charge in [-0.2, -0.15) is 13.2 Å². The molecule has 2 aromatic rings. The van der Waals surface area contributed by atoms with E-state index in [1.165, 1.54) is 6.07 Å². The van der Waals surface area contributed by atoms with E-state index in [9.17, 15) is 13.2 Å². The Morgan fingerprint density at radius 1 is 1.33 bits per heavy atom. The Balaban J connectivity index is 2.45. The Hall–Kier alpha value is -1.49. The first kappa shape index (κ1) is 13.0. The molecule has 0 amide bonds. The number of aromatic amines is 1. The quantitative estimate of drug-likeness (QED) is 0.867. The summed E-state index contributed by atoms with van der Waals surface area (Å²) in [7, 11) is 0. The molecule has 2 nitrogen and oxygen atoms in total. The van der Waals surface area contributed by atoms with Gasteiger partial charge < -0.3 is 10.7 Å². The van der Waals surface area contributed by atoms with Gasteiger partial charge in [-0.15, -0.1) is 0 Å². The van der Waals surface area contributed by atoms with Gasteiger partial charge in [0.1, 0.15) is 0 Å². The zero-order chi connectivity index (χ0) is 13.3. The Morgan fingerprint density at radius 2 is 2.06 bits per heavy atom. The second-order valence-electron chi connectivity index (χ2n) is 4.43. The summed E-state index contributed by atoms with van der Waals surface area (Å²) in [5, 5.41) is 0.572. The third kappa shape index (κ3) is 2.51. The van der Waals surface area contributed by atoms with Gasteiger partial charge in [0.2, 0.25) is 0 Å². The highest BCUT2D eigenvalue weighted by molar-refractivity contribution is 5.84. The van der Waals surface area contributed by atoms with Gasteiger partial charge in [0.05, 0.1) is 11.1 Å². The molecule has 1 heterocycles. The highest BCUT2D eigenvalue weighted by Gasteiger charge is 2.33. The molecule has 0 fully saturated rings. The van der Waals surface area contributed by atoms with Gasteiger partial charge in [0.25, 0.3) is 0 Å². The standard InChI is InChI=1S/C13H15F3N2/c1-2-9(17)7-10-6-8-4-3-5-11(12(8)18-10)13(14,15)16/h3-6,9,18H,2,7,17H2,1H3. The summed E-state index contributed by atoms with van der Waals surface area (Å²) in [6.45, 7) is 1.95.